The second-order valence-corrected chi connectivity index (χ2v) is 12.2. The van der Waals surface area contributed by atoms with Gasteiger partial charge >= 0.3 is 11.9 Å². The third-order valence-electron chi connectivity index (χ3n) is 6.32. The van der Waals surface area contributed by atoms with Crippen molar-refractivity contribution in [1.29, 1.82) is 0 Å². The molecule has 1 saturated heterocycles. The molecule has 3 aromatic rings. The minimum Gasteiger partial charge on any atom is -0.504 e. The molecular weight excluding hydrogens is 653 g/mol. The third kappa shape index (κ3) is 6.56. The Bertz CT molecular complexity index is 1760. The summed E-state index contributed by atoms with van der Waals surface area (Å²) < 4.78 is 0. The number of phenols is 2. The van der Waals surface area contributed by atoms with Gasteiger partial charge in [0.05, 0.1) is 0 Å². The van der Waals surface area contributed by atoms with Gasteiger partial charge in [0.15, 0.2) is 27.5 Å². The van der Waals surface area contributed by atoms with Crippen LogP contribution < -0.4 is 16.8 Å². The minimum atomic E-state index is -1.82. The minimum absolute atomic E-state index is 0.0581. The molecule has 234 valence electrons. The van der Waals surface area contributed by atoms with Crippen molar-refractivity contribution in [3.05, 3.63) is 58.4 Å². The number of aliphatic carboxylic acids is 2. The molecule has 2 aliphatic rings. The van der Waals surface area contributed by atoms with Crippen LogP contribution in [0.5, 0.6) is 11.5 Å². The van der Waals surface area contributed by atoms with Gasteiger partial charge in [-0.3, -0.25) is 14.5 Å². The van der Waals surface area contributed by atoms with Crippen LogP contribution in [0.1, 0.15) is 17.4 Å². The van der Waals surface area contributed by atoms with E-state index in [2.05, 4.69) is 25.4 Å². The number of benzene rings is 1. The number of hydrogen-bond donors (Lipinski definition) is 7. The summed E-state index contributed by atoms with van der Waals surface area (Å²) in [4.78, 5) is 69.2. The first kappa shape index (κ1) is 31.3. The number of nitrogens with zero attached hydrogens (tertiary/aromatic N) is 5. The lowest BCUT2D eigenvalue weighted by molar-refractivity contribution is -0.151. The summed E-state index contributed by atoms with van der Waals surface area (Å²) in [7, 11) is 0. The summed E-state index contributed by atoms with van der Waals surface area (Å²) in [5, 5.41) is 46.2. The van der Waals surface area contributed by atoms with Crippen molar-refractivity contribution in [3.63, 3.8) is 0 Å². The number of carbonyl (C=O) groups is 4. The van der Waals surface area contributed by atoms with E-state index in [4.69, 9.17) is 16.3 Å². The monoisotopic (exact) mass is 674 g/mol. The first-order valence-electron chi connectivity index (χ1n) is 12.6. The van der Waals surface area contributed by atoms with Gasteiger partial charge in [-0.25, -0.2) is 24.5 Å². The lowest BCUT2D eigenvalue weighted by Gasteiger charge is -2.49. The highest BCUT2D eigenvalue weighted by Gasteiger charge is 2.54. The van der Waals surface area contributed by atoms with E-state index in [0.717, 1.165) is 40.1 Å². The number of phenolic OH excluding ortho intramolecular Hbond substituents is 2. The average molecular weight is 675 g/mol. The van der Waals surface area contributed by atoms with Crippen LogP contribution in [-0.2, 0) is 24.0 Å². The van der Waals surface area contributed by atoms with Gasteiger partial charge in [-0.2, -0.15) is 0 Å². The standard InChI is InChI=1S/C25H22N8O9S3/c26-14-3-4-28-25(30-14)45-7-10-6-43-21-16(20(37)33(21)17(10)22(38)39)31-19(36)15(11-8-44-24(27)29-11)32-42-18(23(40)41)9-1-2-12(34)13(35)5-9/h1-5,8,16,18,21,34-35H,6-7H2,(H2,27,29)(H,31,36)(H,38,39)(H,40,41)(H2,26,28,30)/b32-15-/t16?,18-,21+/m0/s1. The maximum absolute atomic E-state index is 13.4. The molecule has 45 heavy (non-hydrogen) atoms. The summed E-state index contributed by atoms with van der Waals surface area (Å²) in [5.74, 6) is -4.97. The van der Waals surface area contributed by atoms with E-state index in [1.165, 1.54) is 35.5 Å². The zero-order chi connectivity index (χ0) is 32.4. The first-order chi connectivity index (χ1) is 21.4. The van der Waals surface area contributed by atoms with Gasteiger partial charge in [-0.05, 0) is 23.8 Å². The van der Waals surface area contributed by atoms with Crippen molar-refractivity contribution < 1.29 is 44.4 Å². The van der Waals surface area contributed by atoms with Crippen LogP contribution in [0.25, 0.3) is 0 Å². The fourth-order valence-corrected chi connectivity index (χ4v) is 7.11. The molecule has 0 bridgehead atoms. The average Bonchev–Trinajstić information content (AvgIpc) is 3.43. The third-order valence-corrected chi connectivity index (χ3v) is 9.28. The Morgan fingerprint density at radius 2 is 1.96 bits per heavy atom. The molecular formula is C25H22N8O9S3. The molecule has 20 heteroatoms. The van der Waals surface area contributed by atoms with Crippen LogP contribution in [0.15, 0.2) is 57.4 Å². The molecule has 0 saturated carbocycles. The van der Waals surface area contributed by atoms with Crippen LogP contribution in [0.3, 0.4) is 0 Å². The van der Waals surface area contributed by atoms with Gasteiger partial charge in [-0.1, -0.05) is 23.0 Å². The number of carboxylic acid groups (broad SMARTS) is 2. The number of thiazole rings is 1. The maximum atomic E-state index is 13.4. The molecule has 0 radical (unpaired) electrons. The Hall–Kier alpha value is -5.08. The number of nitrogens with two attached hydrogens (primary N) is 2. The quantitative estimate of drug-likeness (QED) is 0.0366. The summed E-state index contributed by atoms with van der Waals surface area (Å²) in [6.45, 7) is 0. The molecule has 4 heterocycles. The highest BCUT2D eigenvalue weighted by molar-refractivity contribution is 8.01. The highest BCUT2D eigenvalue weighted by atomic mass is 32.2. The normalized spacial score (nSPS) is 18.5. The number of hydrogen-bond acceptors (Lipinski definition) is 16. The second-order valence-electron chi connectivity index (χ2n) is 9.25. The van der Waals surface area contributed by atoms with Crippen LogP contribution in [-0.4, -0.2) is 92.7 Å². The lowest BCUT2D eigenvalue weighted by atomic mass is 10.0. The van der Waals surface area contributed by atoms with Gasteiger partial charge in [0.25, 0.3) is 11.8 Å². The number of carboxylic acids is 2. The summed E-state index contributed by atoms with van der Waals surface area (Å²) in [5.41, 5.74) is 10.9. The zero-order valence-electron chi connectivity index (χ0n) is 22.6. The number of carbonyl (C=O) groups excluding carboxylic acids is 2. The number of β-lactam (4-membered cyclic amide) rings is 1. The van der Waals surface area contributed by atoms with Crippen molar-refractivity contribution in [2.24, 2.45) is 5.16 Å². The van der Waals surface area contributed by atoms with Gasteiger partial charge in [0, 0.05) is 28.6 Å². The van der Waals surface area contributed by atoms with Crippen molar-refractivity contribution in [2.45, 2.75) is 22.7 Å². The predicted molar refractivity (Wildman–Crippen MR) is 161 cm³/mol. The van der Waals surface area contributed by atoms with Gasteiger partial charge in [0.2, 0.25) is 6.10 Å². The van der Waals surface area contributed by atoms with Crippen LogP contribution >= 0.6 is 34.9 Å². The number of thioether (sulfide) groups is 2. The molecule has 2 amide bonds. The molecule has 5 rings (SSSR count). The molecule has 1 unspecified atom stereocenters. The van der Waals surface area contributed by atoms with Crippen LogP contribution in [0, 0.1) is 0 Å². The van der Waals surface area contributed by atoms with E-state index in [-0.39, 0.29) is 39.4 Å². The number of oxime groups is 1. The number of anilines is 2. The second kappa shape index (κ2) is 12.9. The molecule has 1 aromatic carbocycles. The van der Waals surface area contributed by atoms with Crippen molar-refractivity contribution in [1.82, 2.24) is 25.2 Å². The van der Waals surface area contributed by atoms with Crippen LogP contribution in [0.2, 0.25) is 0 Å². The molecule has 0 spiro atoms. The highest BCUT2D eigenvalue weighted by Crippen LogP contribution is 2.41. The van der Waals surface area contributed by atoms with Crippen molar-refractivity contribution in [2.75, 3.05) is 23.0 Å². The summed E-state index contributed by atoms with van der Waals surface area (Å²) >= 11 is 3.35. The Morgan fingerprint density at radius 3 is 2.60 bits per heavy atom. The van der Waals surface area contributed by atoms with E-state index in [0.29, 0.717) is 10.7 Å². The molecule has 2 aliphatic heterocycles. The zero-order valence-corrected chi connectivity index (χ0v) is 25.0. The Kier molecular flexibility index (Phi) is 8.97. The number of aromatic hydroxyl groups is 2. The largest absolute Gasteiger partial charge is 0.504 e. The Morgan fingerprint density at radius 1 is 1.18 bits per heavy atom. The number of fused-ring (bicyclic) bond motifs is 1. The molecule has 1 fully saturated rings. The number of aromatic nitrogens is 3. The number of nitrogen functional groups attached to an aromatic ring is 2. The number of amides is 2. The number of nitrogens with one attached hydrogen (secondary N) is 1. The summed E-state index contributed by atoms with van der Waals surface area (Å²) in [6, 6.07) is 3.53. The predicted octanol–water partition coefficient (Wildman–Crippen LogP) is 0.586. The van der Waals surface area contributed by atoms with Gasteiger partial charge < -0.3 is 42.0 Å². The SMILES string of the molecule is Nc1ccnc(SCC2=C(C(=O)O)N3C(=O)C(NC(=O)/C(=N\O[C@H](C(=O)O)c4ccc(O)c(O)c4)c4csc(N)n4)[C@H]3SC2)n1. The van der Waals surface area contributed by atoms with Gasteiger partial charge in [0.1, 0.15) is 28.6 Å². The maximum Gasteiger partial charge on any atom is 0.352 e. The van der Waals surface area contributed by atoms with E-state index in [1.54, 1.807) is 0 Å². The van der Waals surface area contributed by atoms with Crippen molar-refractivity contribution >= 4 is 75.3 Å². The molecule has 3 atom stereocenters. The fraction of sp³-hybridized carbons (Fsp3) is 0.200. The topological polar surface area (TPSA) is 277 Å². The van der Waals surface area contributed by atoms with E-state index in [9.17, 15) is 39.6 Å². The molecule has 2 aromatic heterocycles. The molecule has 0 aliphatic carbocycles. The lowest BCUT2D eigenvalue weighted by Crippen LogP contribution is -2.71. The first-order valence-corrected chi connectivity index (χ1v) is 15.5. The fourth-order valence-electron chi connectivity index (χ4n) is 4.24. The molecule has 9 N–H and O–H groups in total. The van der Waals surface area contributed by atoms with E-state index < -0.39 is 58.5 Å². The van der Waals surface area contributed by atoms with Crippen LogP contribution in [0.4, 0.5) is 10.9 Å². The number of rotatable bonds is 11. The van der Waals surface area contributed by atoms with E-state index >= 15 is 0 Å². The molecule has 17 nitrogen and oxygen atoms in total. The Balaban J connectivity index is 1.35. The van der Waals surface area contributed by atoms with Crippen molar-refractivity contribution in [3.8, 4) is 11.5 Å². The Labute approximate surface area is 265 Å². The van der Waals surface area contributed by atoms with Gasteiger partial charge in [-0.15, -0.1) is 23.1 Å². The smallest absolute Gasteiger partial charge is 0.352 e. The summed E-state index contributed by atoms with van der Waals surface area (Å²) in [6.07, 6.45) is -0.347. The van der Waals surface area contributed by atoms with E-state index in [1.807, 2.05) is 0 Å².